The van der Waals surface area contributed by atoms with E-state index < -0.39 is 92.4 Å². The van der Waals surface area contributed by atoms with Crippen LogP contribution in [0, 0.1) is 0 Å². The molecule has 5 heterocycles. The van der Waals surface area contributed by atoms with Crippen molar-refractivity contribution in [3.8, 4) is 0 Å². The van der Waals surface area contributed by atoms with Gasteiger partial charge in [-0.05, 0) is 13.8 Å². The quantitative estimate of drug-likeness (QED) is 0.106. The zero-order valence-corrected chi connectivity index (χ0v) is 27.0. The van der Waals surface area contributed by atoms with Gasteiger partial charge in [-0.15, -0.1) is 0 Å². The molecule has 22 heteroatoms. The Balaban J connectivity index is 1.34. The number of carbonyl (C=O) groups excluding carboxylic acids is 1. The number of nitrogen functional groups attached to an aromatic ring is 1. The number of nitrogens with one attached hydrogen (secondary N) is 1. The molecule has 2 saturated heterocycles. The summed E-state index contributed by atoms with van der Waals surface area (Å²) in [6.45, 7) is -2.26. The lowest BCUT2D eigenvalue weighted by Gasteiger charge is -2.28. The number of anilines is 1. The molecule has 1 unspecified atom stereocenters. The molecule has 5 rings (SSSR count). The van der Waals surface area contributed by atoms with Crippen molar-refractivity contribution in [2.75, 3.05) is 32.0 Å². The van der Waals surface area contributed by atoms with Crippen LogP contribution in [0.1, 0.15) is 32.7 Å². The van der Waals surface area contributed by atoms with E-state index in [0.29, 0.717) is 22.5 Å². The highest BCUT2D eigenvalue weighted by atomic mass is 32.7. The summed E-state index contributed by atoms with van der Waals surface area (Å²) in [6, 6.07) is 1.09. The number of hydrogen-bond acceptors (Lipinski definition) is 18. The van der Waals surface area contributed by atoms with Crippen LogP contribution in [-0.4, -0.2) is 108 Å². The molecule has 20 nitrogen and oxygen atoms in total. The Labute approximate surface area is 269 Å². The summed E-state index contributed by atoms with van der Waals surface area (Å²) in [4.78, 5) is 50.5. The van der Waals surface area contributed by atoms with E-state index in [1.54, 1.807) is 18.4 Å². The van der Waals surface area contributed by atoms with Crippen molar-refractivity contribution in [1.82, 2.24) is 29.1 Å². The van der Waals surface area contributed by atoms with Crippen molar-refractivity contribution >= 4 is 41.3 Å². The van der Waals surface area contributed by atoms with Crippen LogP contribution in [-0.2, 0) is 37.3 Å². The van der Waals surface area contributed by atoms with Gasteiger partial charge < -0.3 is 39.6 Å². The third kappa shape index (κ3) is 7.85. The molecular formula is C25H34N7O13PS. The Hall–Kier alpha value is -3.40. The van der Waals surface area contributed by atoms with Crippen LogP contribution < -0.4 is 17.0 Å². The molecule has 5 N–H and O–H groups in total. The predicted molar refractivity (Wildman–Crippen MR) is 161 cm³/mol. The van der Waals surface area contributed by atoms with Crippen LogP contribution in [0.3, 0.4) is 0 Å². The number of ether oxygens (including phenoxy) is 5. The lowest BCUT2D eigenvalue weighted by molar-refractivity contribution is -0.0625. The normalized spacial score (nSPS) is 27.3. The van der Waals surface area contributed by atoms with E-state index in [0.717, 1.165) is 10.6 Å². The second kappa shape index (κ2) is 14.8. The van der Waals surface area contributed by atoms with E-state index in [1.165, 1.54) is 26.0 Å². The van der Waals surface area contributed by atoms with E-state index in [1.807, 2.05) is 0 Å². The Bertz CT molecular complexity index is 1720. The zero-order valence-electron chi connectivity index (χ0n) is 25.3. The Kier molecular flexibility index (Phi) is 11.0. The Morgan fingerprint density at radius 3 is 2.70 bits per heavy atom. The lowest BCUT2D eigenvalue weighted by Crippen LogP contribution is -2.39. The molecule has 3 aromatic heterocycles. The fourth-order valence-corrected chi connectivity index (χ4v) is 7.77. The number of carbonyl (C=O) groups is 1. The topological polar surface area (TPSA) is 264 Å². The number of aliphatic hydroxyl groups excluding tert-OH is 2. The molecule has 0 spiro atoms. The van der Waals surface area contributed by atoms with Gasteiger partial charge in [-0.2, -0.15) is 0 Å². The predicted octanol–water partition coefficient (Wildman–Crippen LogP) is 0.274. The molecular weight excluding hydrogens is 669 g/mol. The average molecular weight is 704 g/mol. The number of aromatic amines is 1. The maximum atomic E-state index is 14.2. The summed E-state index contributed by atoms with van der Waals surface area (Å²) in [6.07, 6.45) is -5.23. The Morgan fingerprint density at radius 2 is 2.00 bits per heavy atom. The summed E-state index contributed by atoms with van der Waals surface area (Å²) >= 11 is 0.476. The molecule has 0 radical (unpaired) electrons. The third-order valence-electron chi connectivity index (χ3n) is 7.13. The molecule has 0 saturated carbocycles. The number of nitrogens with two attached hydrogens (primary N) is 1. The van der Waals surface area contributed by atoms with E-state index in [9.17, 15) is 29.2 Å². The second-order valence-corrected chi connectivity index (χ2v) is 14.6. The van der Waals surface area contributed by atoms with Gasteiger partial charge in [0.15, 0.2) is 23.6 Å². The van der Waals surface area contributed by atoms with E-state index >= 15 is 0 Å². The molecule has 0 aromatic carbocycles. The fourth-order valence-electron chi connectivity index (χ4n) is 4.98. The minimum absolute atomic E-state index is 0.0935. The van der Waals surface area contributed by atoms with Crippen LogP contribution in [0.15, 0.2) is 34.5 Å². The van der Waals surface area contributed by atoms with Crippen molar-refractivity contribution in [1.29, 1.82) is 0 Å². The van der Waals surface area contributed by atoms with Crippen LogP contribution in [0.5, 0.6) is 0 Å². The molecule has 0 bridgehead atoms. The van der Waals surface area contributed by atoms with E-state index in [2.05, 4.69) is 19.9 Å². The molecule has 258 valence electrons. The van der Waals surface area contributed by atoms with Crippen molar-refractivity contribution in [3.63, 3.8) is 0 Å². The van der Waals surface area contributed by atoms with Gasteiger partial charge >= 0.3 is 18.6 Å². The number of rotatable bonds is 13. The van der Waals surface area contributed by atoms with Crippen molar-refractivity contribution in [2.24, 2.45) is 0 Å². The van der Waals surface area contributed by atoms with Crippen molar-refractivity contribution < 1.29 is 52.3 Å². The number of H-pyrrole nitrogens is 1. The molecule has 3 aromatic rings. The molecule has 47 heavy (non-hydrogen) atoms. The van der Waals surface area contributed by atoms with Gasteiger partial charge in [0, 0.05) is 37.2 Å². The van der Waals surface area contributed by atoms with Gasteiger partial charge in [0.1, 0.15) is 42.5 Å². The third-order valence-corrected chi connectivity index (χ3v) is 10.5. The van der Waals surface area contributed by atoms with E-state index in [4.69, 9.17) is 38.5 Å². The van der Waals surface area contributed by atoms with Crippen molar-refractivity contribution in [3.05, 3.63) is 45.8 Å². The first kappa shape index (κ1) is 34.9. The van der Waals surface area contributed by atoms with Gasteiger partial charge in [-0.1, -0.05) is 0 Å². The Morgan fingerprint density at radius 1 is 1.21 bits per heavy atom. The van der Waals surface area contributed by atoms with Gasteiger partial charge in [0.05, 0.1) is 31.7 Å². The molecule has 8 atom stereocenters. The first-order valence-electron chi connectivity index (χ1n) is 14.2. The van der Waals surface area contributed by atoms with Crippen LogP contribution >= 0.6 is 18.2 Å². The average Bonchev–Trinajstić information content (AvgIpc) is 3.71. The maximum absolute atomic E-state index is 14.2. The van der Waals surface area contributed by atoms with Gasteiger partial charge in [0.2, 0.25) is 0 Å². The number of aromatic nitrogens is 6. The highest BCUT2D eigenvalue weighted by molar-refractivity contribution is 8.55. The molecule has 2 aliphatic heterocycles. The second-order valence-electron chi connectivity index (χ2n) is 10.6. The molecule has 2 fully saturated rings. The summed E-state index contributed by atoms with van der Waals surface area (Å²) in [7, 11) is 1.28. The lowest BCUT2D eigenvalue weighted by atomic mass is 10.1. The highest BCUT2D eigenvalue weighted by Crippen LogP contribution is 2.63. The molecule has 0 amide bonds. The zero-order chi connectivity index (χ0) is 33.9. The standard InChI is InChI=1S/C25H34N7O13PS/c1-12(2)42-25(37)40-11-47-46(38,45-19-14(7-33)44-23(20(19)39-3)31-5-4-16(35)30-24(31)36)41-8-15-13(34)6-17(43-15)32-10-29-18-21(26)27-9-28-22(18)32/h4-5,9-10,12-15,17,19-20,23,33-34H,6-8,11H2,1-3H3,(H2,26,27,28)(H,30,35,36)/t13-,14-,15-,17-,19+,20+,23-,46?/m1/s1. The summed E-state index contributed by atoms with van der Waals surface area (Å²) in [5, 5.41) is 20.9. The van der Waals surface area contributed by atoms with Crippen LogP contribution in [0.2, 0.25) is 0 Å². The summed E-state index contributed by atoms with van der Waals surface area (Å²) < 4.78 is 55.8. The fraction of sp³-hybridized carbons (Fsp3) is 0.600. The smallest absolute Gasteiger partial charge is 0.432 e. The minimum Gasteiger partial charge on any atom is -0.432 e. The first-order chi connectivity index (χ1) is 22.4. The number of hydrogen-bond donors (Lipinski definition) is 4. The van der Waals surface area contributed by atoms with Gasteiger partial charge in [0.25, 0.3) is 5.56 Å². The number of fused-ring (bicyclic) bond motifs is 1. The first-order valence-corrected chi connectivity index (χ1v) is 17.3. The molecule has 0 aliphatic carbocycles. The molecule has 2 aliphatic rings. The van der Waals surface area contributed by atoms with E-state index in [-0.39, 0.29) is 12.2 Å². The highest BCUT2D eigenvalue weighted by Gasteiger charge is 2.51. The monoisotopic (exact) mass is 703 g/mol. The SMILES string of the molecule is CO[C@H]1[C@@H](OP(=O)(OC[C@H]2O[C@@H](n3cnc4c(N)ncnc43)C[C@H]2O)SCOC(=O)OC(C)C)[C@@H](CO)O[C@H]1n1ccc(=O)[nH]c1=O. The number of methoxy groups -OCH3 is 1. The minimum atomic E-state index is -4.38. The number of aliphatic hydroxyl groups is 2. The maximum Gasteiger partial charge on any atom is 0.509 e. The summed E-state index contributed by atoms with van der Waals surface area (Å²) in [5.74, 6) is -0.375. The number of imidazole rings is 1. The summed E-state index contributed by atoms with van der Waals surface area (Å²) in [5.41, 5.74) is 5.13. The van der Waals surface area contributed by atoms with Crippen molar-refractivity contribution in [2.45, 2.75) is 69.3 Å². The van der Waals surface area contributed by atoms with Crippen LogP contribution in [0.25, 0.3) is 11.2 Å². The number of nitrogens with zero attached hydrogens (tertiary/aromatic N) is 5. The van der Waals surface area contributed by atoms with Crippen LogP contribution in [0.4, 0.5) is 10.6 Å². The van der Waals surface area contributed by atoms with Gasteiger partial charge in [-0.3, -0.25) is 28.0 Å². The van der Waals surface area contributed by atoms with Gasteiger partial charge in [-0.25, -0.2) is 29.1 Å². The largest absolute Gasteiger partial charge is 0.509 e.